The number of anilines is 1. The molecule has 0 aliphatic carbocycles. The van der Waals surface area contributed by atoms with Gasteiger partial charge in [0.15, 0.2) is 6.61 Å². The number of hydrogen-bond donors (Lipinski definition) is 2. The lowest BCUT2D eigenvalue weighted by molar-refractivity contribution is -0.145. The van der Waals surface area contributed by atoms with E-state index >= 15 is 0 Å². The van der Waals surface area contributed by atoms with Gasteiger partial charge in [-0.15, -0.1) is 0 Å². The van der Waals surface area contributed by atoms with Crippen LogP contribution in [0.15, 0.2) is 24.3 Å². The van der Waals surface area contributed by atoms with Gasteiger partial charge in [-0.2, -0.15) is 0 Å². The molecule has 0 saturated carbocycles. The molecule has 1 aliphatic heterocycles. The Morgan fingerprint density at radius 2 is 1.93 bits per heavy atom. The van der Waals surface area contributed by atoms with Gasteiger partial charge in [-0.1, -0.05) is 26.0 Å². The number of nitrogens with one attached hydrogen (secondary N) is 2. The minimum Gasteiger partial charge on any atom is -0.482 e. The Hall–Kier alpha value is -3.10. The largest absolute Gasteiger partial charge is 0.482 e. The summed E-state index contributed by atoms with van der Waals surface area (Å²) in [6.07, 6.45) is 0.463. The van der Waals surface area contributed by atoms with E-state index < -0.39 is 17.9 Å². The molecular formula is C20H27N3O6. The molecule has 0 radical (unpaired) electrons. The molecule has 158 valence electrons. The van der Waals surface area contributed by atoms with Crippen molar-refractivity contribution >= 4 is 29.4 Å². The van der Waals surface area contributed by atoms with E-state index in [4.69, 9.17) is 9.47 Å². The van der Waals surface area contributed by atoms with Gasteiger partial charge in [-0.25, -0.2) is 4.79 Å². The topological polar surface area (TPSA) is 114 Å². The number of hydrogen-bond acceptors (Lipinski definition) is 6. The first-order chi connectivity index (χ1) is 13.8. The summed E-state index contributed by atoms with van der Waals surface area (Å²) in [5.41, 5.74) is 0.615. The predicted octanol–water partition coefficient (Wildman–Crippen LogP) is 0.622. The van der Waals surface area contributed by atoms with Crippen LogP contribution in [-0.2, 0) is 23.9 Å². The molecule has 1 heterocycles. The molecule has 3 amide bonds. The van der Waals surface area contributed by atoms with Crippen molar-refractivity contribution in [2.24, 2.45) is 5.92 Å². The van der Waals surface area contributed by atoms with Gasteiger partial charge in [0.2, 0.25) is 11.8 Å². The molecule has 2 rings (SSSR count). The predicted molar refractivity (Wildman–Crippen MR) is 105 cm³/mol. The summed E-state index contributed by atoms with van der Waals surface area (Å²) in [7, 11) is 1.26. The summed E-state index contributed by atoms with van der Waals surface area (Å²) in [4.78, 5) is 49.5. The normalized spacial score (nSPS) is 13.9. The third-order valence-corrected chi connectivity index (χ3v) is 4.34. The molecule has 9 nitrogen and oxygen atoms in total. The number of nitrogens with zero attached hydrogens (tertiary/aromatic N) is 1. The second kappa shape index (κ2) is 10.4. The van der Waals surface area contributed by atoms with Crippen molar-refractivity contribution in [1.82, 2.24) is 10.6 Å². The maximum atomic E-state index is 12.1. The van der Waals surface area contributed by atoms with Crippen LogP contribution < -0.4 is 20.3 Å². The molecule has 2 N–H and O–H groups in total. The highest BCUT2D eigenvalue weighted by Crippen LogP contribution is 2.31. The Morgan fingerprint density at radius 1 is 1.21 bits per heavy atom. The molecular weight excluding hydrogens is 378 g/mol. The number of rotatable bonds is 9. The fraction of sp³-hybridized carbons (Fsp3) is 0.500. The summed E-state index contributed by atoms with van der Waals surface area (Å²) < 4.78 is 10.1. The van der Waals surface area contributed by atoms with Gasteiger partial charge in [0, 0.05) is 13.0 Å². The van der Waals surface area contributed by atoms with E-state index in [1.54, 1.807) is 24.3 Å². The van der Waals surface area contributed by atoms with E-state index in [0.29, 0.717) is 17.9 Å². The zero-order chi connectivity index (χ0) is 21.4. The quantitative estimate of drug-likeness (QED) is 0.582. The summed E-state index contributed by atoms with van der Waals surface area (Å²) in [5.74, 6) is -0.849. The van der Waals surface area contributed by atoms with Crippen LogP contribution in [0.5, 0.6) is 5.75 Å². The Balaban J connectivity index is 1.81. The second-order valence-electron chi connectivity index (χ2n) is 7.10. The third kappa shape index (κ3) is 6.48. The van der Waals surface area contributed by atoms with Crippen molar-refractivity contribution in [3.05, 3.63) is 24.3 Å². The molecule has 9 heteroatoms. The molecule has 1 atom stereocenters. The number of amides is 3. The molecule has 0 unspecified atom stereocenters. The van der Waals surface area contributed by atoms with Gasteiger partial charge >= 0.3 is 5.97 Å². The monoisotopic (exact) mass is 405 g/mol. The molecule has 1 aliphatic rings. The number of carbonyl (C=O) groups excluding carboxylic acids is 4. The van der Waals surface area contributed by atoms with E-state index in [2.05, 4.69) is 10.6 Å². The number of benzene rings is 1. The van der Waals surface area contributed by atoms with E-state index in [1.165, 1.54) is 12.0 Å². The van der Waals surface area contributed by atoms with Crippen LogP contribution in [0.1, 0.15) is 26.7 Å². The van der Waals surface area contributed by atoms with E-state index in [-0.39, 0.29) is 43.8 Å². The molecule has 29 heavy (non-hydrogen) atoms. The molecule has 1 aromatic rings. The van der Waals surface area contributed by atoms with Crippen LogP contribution in [0.2, 0.25) is 0 Å². The minimum absolute atomic E-state index is 0.0276. The highest BCUT2D eigenvalue weighted by molar-refractivity contribution is 5.98. The van der Waals surface area contributed by atoms with Crippen LogP contribution in [0.25, 0.3) is 0 Å². The molecule has 0 bridgehead atoms. The van der Waals surface area contributed by atoms with Gasteiger partial charge in [-0.3, -0.25) is 14.4 Å². The van der Waals surface area contributed by atoms with Crippen molar-refractivity contribution in [3.8, 4) is 5.75 Å². The van der Waals surface area contributed by atoms with Crippen molar-refractivity contribution in [3.63, 3.8) is 0 Å². The Labute approximate surface area is 169 Å². The van der Waals surface area contributed by atoms with Gasteiger partial charge in [0.1, 0.15) is 11.8 Å². The van der Waals surface area contributed by atoms with Gasteiger partial charge < -0.3 is 25.0 Å². The maximum absolute atomic E-state index is 12.1. The van der Waals surface area contributed by atoms with Crippen molar-refractivity contribution in [1.29, 1.82) is 0 Å². The van der Waals surface area contributed by atoms with Crippen LogP contribution in [0, 0.1) is 5.92 Å². The molecule has 0 aromatic heterocycles. The molecule has 0 saturated heterocycles. The number of para-hydroxylation sites is 2. The third-order valence-electron chi connectivity index (χ3n) is 4.34. The van der Waals surface area contributed by atoms with E-state index in [0.717, 1.165) is 0 Å². The number of fused-ring (bicyclic) bond motifs is 1. The fourth-order valence-corrected chi connectivity index (χ4v) is 2.95. The number of esters is 1. The van der Waals surface area contributed by atoms with Crippen LogP contribution >= 0.6 is 0 Å². The van der Waals surface area contributed by atoms with Crippen molar-refractivity contribution in [2.75, 3.05) is 31.7 Å². The Bertz CT molecular complexity index is 764. The lowest BCUT2D eigenvalue weighted by Crippen LogP contribution is -2.47. The Kier molecular flexibility index (Phi) is 7.99. The fourth-order valence-electron chi connectivity index (χ4n) is 2.95. The number of carbonyl (C=O) groups is 4. The van der Waals surface area contributed by atoms with Gasteiger partial charge in [-0.05, 0) is 24.5 Å². The standard InChI is InChI=1S/C20H27N3O6/c1-13(2)10-14(20(27)28-3)22-18(25)11-21-17(24)8-9-23-15-6-4-5-7-16(15)29-12-19(23)26/h4-7,13-14H,8-12H2,1-3H3,(H,21,24)(H,22,25)/t14-/m0/s1. The summed E-state index contributed by atoms with van der Waals surface area (Å²) in [6.45, 7) is 3.68. The minimum atomic E-state index is -0.758. The van der Waals surface area contributed by atoms with E-state index in [9.17, 15) is 19.2 Å². The SMILES string of the molecule is COC(=O)[C@H](CC(C)C)NC(=O)CNC(=O)CCN1C(=O)COc2ccccc21. The zero-order valence-electron chi connectivity index (χ0n) is 16.9. The Morgan fingerprint density at radius 3 is 2.62 bits per heavy atom. The average Bonchev–Trinajstić information content (AvgIpc) is 2.70. The van der Waals surface area contributed by atoms with Crippen LogP contribution in [-0.4, -0.2) is 56.5 Å². The first-order valence-electron chi connectivity index (χ1n) is 9.48. The smallest absolute Gasteiger partial charge is 0.328 e. The van der Waals surface area contributed by atoms with Crippen molar-refractivity contribution < 1.29 is 28.7 Å². The van der Waals surface area contributed by atoms with Crippen LogP contribution in [0.4, 0.5) is 5.69 Å². The first-order valence-corrected chi connectivity index (χ1v) is 9.48. The highest BCUT2D eigenvalue weighted by Gasteiger charge is 2.26. The summed E-state index contributed by atoms with van der Waals surface area (Å²) in [6, 6.07) is 6.34. The summed E-state index contributed by atoms with van der Waals surface area (Å²) in [5, 5.41) is 5.07. The van der Waals surface area contributed by atoms with E-state index in [1.807, 2.05) is 13.8 Å². The lowest BCUT2D eigenvalue weighted by atomic mass is 10.0. The average molecular weight is 405 g/mol. The number of methoxy groups -OCH3 is 1. The van der Waals surface area contributed by atoms with Crippen molar-refractivity contribution in [2.45, 2.75) is 32.7 Å². The maximum Gasteiger partial charge on any atom is 0.328 e. The van der Waals surface area contributed by atoms with Gasteiger partial charge in [0.05, 0.1) is 19.3 Å². The van der Waals surface area contributed by atoms with Crippen LogP contribution in [0.3, 0.4) is 0 Å². The second-order valence-corrected chi connectivity index (χ2v) is 7.10. The number of ether oxygens (including phenoxy) is 2. The summed E-state index contributed by atoms with van der Waals surface area (Å²) >= 11 is 0. The first kappa shape index (κ1) is 22.2. The molecule has 0 fully saturated rings. The molecule has 0 spiro atoms. The zero-order valence-corrected chi connectivity index (χ0v) is 16.9. The molecule has 1 aromatic carbocycles. The highest BCUT2D eigenvalue weighted by atomic mass is 16.5. The lowest BCUT2D eigenvalue weighted by Gasteiger charge is -2.29. The van der Waals surface area contributed by atoms with Gasteiger partial charge in [0.25, 0.3) is 5.91 Å².